The van der Waals surface area contributed by atoms with Crippen molar-refractivity contribution in [2.75, 3.05) is 11.4 Å². The zero-order valence-corrected chi connectivity index (χ0v) is 11.8. The van der Waals surface area contributed by atoms with Crippen LogP contribution in [0.25, 0.3) is 0 Å². The van der Waals surface area contributed by atoms with Gasteiger partial charge in [0, 0.05) is 18.2 Å². The van der Waals surface area contributed by atoms with Crippen molar-refractivity contribution in [3.63, 3.8) is 0 Å². The SMILES string of the molecule is C[C@H]1C[C@@H]1NC(=O)CN1C(=O)CCCc2ccccc21. The Kier molecular flexibility index (Phi) is 3.47. The number of para-hydroxylation sites is 1. The van der Waals surface area contributed by atoms with E-state index in [1.807, 2.05) is 24.3 Å². The predicted molar refractivity (Wildman–Crippen MR) is 77.4 cm³/mol. The fourth-order valence-electron chi connectivity index (χ4n) is 2.78. The van der Waals surface area contributed by atoms with Crippen molar-refractivity contribution in [3.05, 3.63) is 29.8 Å². The van der Waals surface area contributed by atoms with E-state index in [-0.39, 0.29) is 18.4 Å². The summed E-state index contributed by atoms with van der Waals surface area (Å²) in [6.45, 7) is 2.26. The van der Waals surface area contributed by atoms with Crippen LogP contribution in [0.3, 0.4) is 0 Å². The van der Waals surface area contributed by atoms with Gasteiger partial charge in [0.25, 0.3) is 0 Å². The third-order valence-electron chi connectivity index (χ3n) is 4.18. The summed E-state index contributed by atoms with van der Waals surface area (Å²) in [6.07, 6.45) is 3.32. The highest BCUT2D eigenvalue weighted by Crippen LogP contribution is 2.29. The van der Waals surface area contributed by atoms with Crippen molar-refractivity contribution in [1.82, 2.24) is 5.32 Å². The van der Waals surface area contributed by atoms with Gasteiger partial charge >= 0.3 is 0 Å². The van der Waals surface area contributed by atoms with Gasteiger partial charge in [0.15, 0.2) is 0 Å². The minimum atomic E-state index is -0.0515. The predicted octanol–water partition coefficient (Wildman–Crippen LogP) is 1.88. The van der Waals surface area contributed by atoms with E-state index < -0.39 is 0 Å². The van der Waals surface area contributed by atoms with Gasteiger partial charge < -0.3 is 10.2 Å². The van der Waals surface area contributed by atoms with Gasteiger partial charge in [0.2, 0.25) is 11.8 Å². The molecule has 2 aliphatic rings. The van der Waals surface area contributed by atoms with E-state index in [1.165, 1.54) is 0 Å². The first kappa shape index (κ1) is 13.2. The van der Waals surface area contributed by atoms with E-state index in [2.05, 4.69) is 12.2 Å². The number of benzene rings is 1. The van der Waals surface area contributed by atoms with Crippen LogP contribution >= 0.6 is 0 Å². The third kappa shape index (κ3) is 2.69. The van der Waals surface area contributed by atoms with E-state index in [0.29, 0.717) is 18.4 Å². The zero-order chi connectivity index (χ0) is 14.1. The van der Waals surface area contributed by atoms with Crippen molar-refractivity contribution in [2.45, 2.75) is 38.6 Å². The van der Waals surface area contributed by atoms with Gasteiger partial charge in [0.05, 0.1) is 0 Å². The molecule has 3 rings (SSSR count). The van der Waals surface area contributed by atoms with Gasteiger partial charge in [-0.15, -0.1) is 0 Å². The van der Waals surface area contributed by atoms with Gasteiger partial charge in [-0.25, -0.2) is 0 Å². The molecule has 1 N–H and O–H groups in total. The number of nitrogens with zero attached hydrogens (tertiary/aromatic N) is 1. The molecule has 1 fully saturated rings. The molecule has 2 atom stereocenters. The lowest BCUT2D eigenvalue weighted by atomic mass is 10.1. The number of nitrogens with one attached hydrogen (secondary N) is 1. The molecule has 1 aliphatic carbocycles. The van der Waals surface area contributed by atoms with Gasteiger partial charge in [-0.05, 0) is 36.8 Å². The second-order valence-electron chi connectivity index (χ2n) is 5.85. The smallest absolute Gasteiger partial charge is 0.240 e. The van der Waals surface area contributed by atoms with Crippen molar-refractivity contribution in [1.29, 1.82) is 0 Å². The standard InChI is InChI=1S/C16H20N2O2/c1-11-9-13(11)17-15(19)10-18-14-7-3-2-5-12(14)6-4-8-16(18)20/h2-3,5,7,11,13H,4,6,8-10H2,1H3,(H,17,19)/t11-,13-/m0/s1. The largest absolute Gasteiger partial charge is 0.352 e. The number of anilines is 1. The molecule has 0 unspecified atom stereocenters. The Morgan fingerprint density at radius 2 is 2.10 bits per heavy atom. The highest BCUT2D eigenvalue weighted by molar-refractivity contribution is 5.99. The average Bonchev–Trinajstić information content (AvgIpc) is 3.14. The molecule has 20 heavy (non-hydrogen) atoms. The topological polar surface area (TPSA) is 49.4 Å². The van der Waals surface area contributed by atoms with Gasteiger partial charge in [-0.1, -0.05) is 25.1 Å². The molecule has 0 bridgehead atoms. The number of hydrogen-bond acceptors (Lipinski definition) is 2. The summed E-state index contributed by atoms with van der Waals surface area (Å²) < 4.78 is 0. The molecule has 4 nitrogen and oxygen atoms in total. The van der Waals surface area contributed by atoms with Crippen LogP contribution in [0.1, 0.15) is 31.7 Å². The van der Waals surface area contributed by atoms with Gasteiger partial charge in [0.1, 0.15) is 6.54 Å². The maximum absolute atomic E-state index is 12.2. The molecular weight excluding hydrogens is 252 g/mol. The molecule has 106 valence electrons. The Balaban J connectivity index is 1.76. The molecule has 1 saturated carbocycles. The molecule has 1 heterocycles. The molecule has 0 aromatic heterocycles. The van der Waals surface area contributed by atoms with E-state index in [0.717, 1.165) is 30.5 Å². The monoisotopic (exact) mass is 272 g/mol. The second kappa shape index (κ2) is 5.27. The molecule has 0 saturated heterocycles. The Labute approximate surface area is 119 Å². The zero-order valence-electron chi connectivity index (χ0n) is 11.8. The van der Waals surface area contributed by atoms with E-state index in [9.17, 15) is 9.59 Å². The summed E-state index contributed by atoms with van der Waals surface area (Å²) in [7, 11) is 0. The minimum absolute atomic E-state index is 0.0499. The van der Waals surface area contributed by atoms with Gasteiger partial charge in [-0.2, -0.15) is 0 Å². The fraction of sp³-hybridized carbons (Fsp3) is 0.500. The minimum Gasteiger partial charge on any atom is -0.352 e. The molecular formula is C16H20N2O2. The first-order valence-electron chi connectivity index (χ1n) is 7.33. The Morgan fingerprint density at radius 3 is 2.85 bits per heavy atom. The Morgan fingerprint density at radius 1 is 1.35 bits per heavy atom. The maximum atomic E-state index is 12.2. The van der Waals surface area contributed by atoms with Crippen molar-refractivity contribution in [2.24, 2.45) is 5.92 Å². The summed E-state index contributed by atoms with van der Waals surface area (Å²) in [5.74, 6) is 0.574. The lowest BCUT2D eigenvalue weighted by Gasteiger charge is -2.22. The first-order chi connectivity index (χ1) is 9.65. The van der Waals surface area contributed by atoms with Crippen LogP contribution in [0, 0.1) is 5.92 Å². The van der Waals surface area contributed by atoms with Crippen LogP contribution < -0.4 is 10.2 Å². The van der Waals surface area contributed by atoms with Crippen molar-refractivity contribution < 1.29 is 9.59 Å². The Bertz CT molecular complexity index is 541. The molecule has 1 aliphatic heterocycles. The number of carbonyl (C=O) groups excluding carboxylic acids is 2. The average molecular weight is 272 g/mol. The number of aryl methyl sites for hydroxylation is 1. The number of hydrogen-bond donors (Lipinski definition) is 1. The number of rotatable bonds is 3. The summed E-state index contributed by atoms with van der Waals surface area (Å²) >= 11 is 0. The summed E-state index contributed by atoms with van der Waals surface area (Å²) in [6, 6.07) is 8.19. The van der Waals surface area contributed by atoms with Gasteiger partial charge in [-0.3, -0.25) is 9.59 Å². The lowest BCUT2D eigenvalue weighted by molar-refractivity contribution is -0.124. The van der Waals surface area contributed by atoms with Crippen molar-refractivity contribution >= 4 is 17.5 Å². The highest BCUT2D eigenvalue weighted by Gasteiger charge is 2.34. The van der Waals surface area contributed by atoms with Crippen LogP contribution in [0.4, 0.5) is 5.69 Å². The number of carbonyl (C=O) groups is 2. The van der Waals surface area contributed by atoms with Crippen LogP contribution in [0.5, 0.6) is 0 Å². The quantitative estimate of drug-likeness (QED) is 0.913. The highest BCUT2D eigenvalue weighted by atomic mass is 16.2. The molecule has 2 amide bonds. The van der Waals surface area contributed by atoms with Crippen LogP contribution in [-0.4, -0.2) is 24.4 Å². The maximum Gasteiger partial charge on any atom is 0.240 e. The molecule has 1 aromatic carbocycles. The van der Waals surface area contributed by atoms with E-state index in [4.69, 9.17) is 0 Å². The Hall–Kier alpha value is -1.84. The molecule has 0 radical (unpaired) electrons. The second-order valence-corrected chi connectivity index (χ2v) is 5.85. The normalized spacial score (nSPS) is 24.9. The van der Waals surface area contributed by atoms with E-state index >= 15 is 0 Å². The summed E-state index contributed by atoms with van der Waals surface area (Å²) in [5, 5.41) is 2.99. The fourth-order valence-corrected chi connectivity index (χ4v) is 2.78. The van der Waals surface area contributed by atoms with E-state index in [1.54, 1.807) is 4.90 Å². The van der Waals surface area contributed by atoms with Crippen LogP contribution in [0.2, 0.25) is 0 Å². The lowest BCUT2D eigenvalue weighted by Crippen LogP contribution is -2.41. The number of amides is 2. The third-order valence-corrected chi connectivity index (χ3v) is 4.18. The van der Waals surface area contributed by atoms with Crippen molar-refractivity contribution in [3.8, 4) is 0 Å². The molecule has 1 aromatic rings. The summed E-state index contributed by atoms with van der Waals surface area (Å²) in [4.78, 5) is 25.9. The first-order valence-corrected chi connectivity index (χ1v) is 7.33. The molecule has 4 heteroatoms. The van der Waals surface area contributed by atoms with Crippen LogP contribution in [0.15, 0.2) is 24.3 Å². The molecule has 0 spiro atoms. The summed E-state index contributed by atoms with van der Waals surface area (Å²) in [5.41, 5.74) is 2.06. The van der Waals surface area contributed by atoms with Crippen LogP contribution in [-0.2, 0) is 16.0 Å². The number of fused-ring (bicyclic) bond motifs is 1.